The highest BCUT2D eigenvalue weighted by molar-refractivity contribution is 6.29. The van der Waals surface area contributed by atoms with Crippen LogP contribution < -0.4 is 10.6 Å². The molecule has 0 saturated carbocycles. The molecule has 0 radical (unpaired) electrons. The van der Waals surface area contributed by atoms with Crippen LogP contribution in [0.4, 0.5) is 0 Å². The van der Waals surface area contributed by atoms with Crippen molar-refractivity contribution in [2.24, 2.45) is 0 Å². The number of carbonyl (C=O) groups excluding carboxylic acids is 1. The molecule has 0 aliphatic carbocycles. The van der Waals surface area contributed by atoms with Crippen molar-refractivity contribution in [1.29, 1.82) is 0 Å². The molecule has 2 aromatic rings. The third-order valence-corrected chi connectivity index (χ3v) is 3.95. The van der Waals surface area contributed by atoms with E-state index in [0.29, 0.717) is 17.3 Å². The number of nitrogens with one attached hydrogen (secondary N) is 2. The number of benzene rings is 1. The Morgan fingerprint density at radius 2 is 2.08 bits per heavy atom. The van der Waals surface area contributed by atoms with Crippen LogP contribution in [-0.4, -0.2) is 30.6 Å². The molecule has 1 fully saturated rings. The lowest BCUT2D eigenvalue weighted by Crippen LogP contribution is -2.33. The maximum atomic E-state index is 12.0. The van der Waals surface area contributed by atoms with Crippen LogP contribution in [0.1, 0.15) is 27.6 Å². The summed E-state index contributed by atoms with van der Waals surface area (Å²) in [5.74, 6) is -0.168. The third kappa shape index (κ3) is 4.92. The average Bonchev–Trinajstić information content (AvgIpc) is 2.61. The fraction of sp³-hybridized carbons (Fsp3) is 0.294. The second kappa shape index (κ2) is 8.99. The smallest absolute Gasteiger partial charge is 0.253 e. The highest BCUT2D eigenvalue weighted by atomic mass is 35.5. The normalized spacial score (nSPS) is 17.0. The van der Waals surface area contributed by atoms with E-state index >= 15 is 0 Å². The number of halogens is 2. The lowest BCUT2D eigenvalue weighted by atomic mass is 10.1. The summed E-state index contributed by atoms with van der Waals surface area (Å²) in [5, 5.41) is 6.55. The van der Waals surface area contributed by atoms with E-state index in [1.165, 1.54) is 6.20 Å². The summed E-state index contributed by atoms with van der Waals surface area (Å²) in [4.78, 5) is 15.9. The fourth-order valence-electron chi connectivity index (χ4n) is 2.42. The molecule has 1 saturated heterocycles. The van der Waals surface area contributed by atoms with Gasteiger partial charge in [-0.05, 0) is 23.3 Å². The summed E-state index contributed by atoms with van der Waals surface area (Å²) < 4.78 is 5.72. The molecule has 1 amide bonds. The van der Waals surface area contributed by atoms with Gasteiger partial charge in [0, 0.05) is 25.8 Å². The Morgan fingerprint density at radius 3 is 2.71 bits per heavy atom. The zero-order valence-corrected chi connectivity index (χ0v) is 14.6. The molecule has 24 heavy (non-hydrogen) atoms. The number of aromatic nitrogens is 1. The first-order valence-electron chi connectivity index (χ1n) is 7.53. The van der Waals surface area contributed by atoms with E-state index in [1.54, 1.807) is 12.1 Å². The van der Waals surface area contributed by atoms with E-state index in [1.807, 2.05) is 24.3 Å². The number of rotatable bonds is 4. The molecule has 2 N–H and O–H groups in total. The van der Waals surface area contributed by atoms with Crippen molar-refractivity contribution < 1.29 is 9.53 Å². The topological polar surface area (TPSA) is 63.2 Å². The number of hydrogen-bond acceptors (Lipinski definition) is 4. The van der Waals surface area contributed by atoms with Crippen molar-refractivity contribution >= 4 is 29.9 Å². The number of morpholine rings is 1. The van der Waals surface area contributed by atoms with E-state index in [9.17, 15) is 4.79 Å². The molecule has 7 heteroatoms. The predicted molar refractivity (Wildman–Crippen MR) is 95.7 cm³/mol. The van der Waals surface area contributed by atoms with E-state index in [-0.39, 0.29) is 24.4 Å². The summed E-state index contributed by atoms with van der Waals surface area (Å²) in [6, 6.07) is 11.4. The summed E-state index contributed by atoms with van der Waals surface area (Å²) in [5.41, 5.74) is 2.68. The molecule has 2 heterocycles. The van der Waals surface area contributed by atoms with Gasteiger partial charge in [0.1, 0.15) is 5.15 Å². The quantitative estimate of drug-likeness (QED) is 0.815. The SMILES string of the molecule is Cl.O=C(NCc1ccc([C@H]2CNCCO2)cc1)c1ccc(Cl)nc1. The van der Waals surface area contributed by atoms with Gasteiger partial charge in [-0.3, -0.25) is 4.79 Å². The van der Waals surface area contributed by atoms with Crippen molar-refractivity contribution in [1.82, 2.24) is 15.6 Å². The Morgan fingerprint density at radius 1 is 1.29 bits per heavy atom. The number of hydrogen-bond donors (Lipinski definition) is 2. The average molecular weight is 368 g/mol. The highest BCUT2D eigenvalue weighted by Crippen LogP contribution is 2.19. The van der Waals surface area contributed by atoms with Crippen LogP contribution in [0.2, 0.25) is 5.15 Å². The Kier molecular flexibility index (Phi) is 6.99. The van der Waals surface area contributed by atoms with Crippen molar-refractivity contribution in [3.63, 3.8) is 0 Å². The third-order valence-electron chi connectivity index (χ3n) is 3.72. The fourth-order valence-corrected chi connectivity index (χ4v) is 2.54. The van der Waals surface area contributed by atoms with Crippen molar-refractivity contribution in [3.8, 4) is 0 Å². The van der Waals surface area contributed by atoms with Crippen molar-refractivity contribution in [2.45, 2.75) is 12.6 Å². The molecular weight excluding hydrogens is 349 g/mol. The molecule has 0 spiro atoms. The number of nitrogens with zero attached hydrogens (tertiary/aromatic N) is 1. The second-order valence-corrected chi connectivity index (χ2v) is 5.74. The molecule has 1 aromatic carbocycles. The molecule has 1 aliphatic heterocycles. The van der Waals surface area contributed by atoms with Crippen LogP contribution in [0.15, 0.2) is 42.6 Å². The number of pyridine rings is 1. The molecule has 5 nitrogen and oxygen atoms in total. The van der Waals surface area contributed by atoms with Gasteiger partial charge in [0.15, 0.2) is 0 Å². The molecule has 1 atom stereocenters. The summed E-state index contributed by atoms with van der Waals surface area (Å²) in [6.07, 6.45) is 1.57. The lowest BCUT2D eigenvalue weighted by Gasteiger charge is -2.24. The van der Waals surface area contributed by atoms with Gasteiger partial charge < -0.3 is 15.4 Å². The van der Waals surface area contributed by atoms with Crippen molar-refractivity contribution in [2.75, 3.05) is 19.7 Å². The number of carbonyl (C=O) groups is 1. The van der Waals surface area contributed by atoms with Crippen molar-refractivity contribution in [3.05, 3.63) is 64.4 Å². The van der Waals surface area contributed by atoms with Gasteiger partial charge in [0.2, 0.25) is 0 Å². The summed E-state index contributed by atoms with van der Waals surface area (Å²) in [6.45, 7) is 2.93. The van der Waals surface area contributed by atoms with Crippen LogP contribution in [0.5, 0.6) is 0 Å². The Labute approximate surface area is 152 Å². The Bertz CT molecular complexity index is 657. The summed E-state index contributed by atoms with van der Waals surface area (Å²) >= 11 is 5.71. The largest absolute Gasteiger partial charge is 0.371 e. The van der Waals surface area contributed by atoms with Gasteiger partial charge in [-0.15, -0.1) is 12.4 Å². The second-order valence-electron chi connectivity index (χ2n) is 5.36. The van der Waals surface area contributed by atoms with E-state index in [0.717, 1.165) is 30.8 Å². The molecule has 0 bridgehead atoms. The van der Waals surface area contributed by atoms with E-state index in [4.69, 9.17) is 16.3 Å². The van der Waals surface area contributed by atoms with Gasteiger partial charge in [0.25, 0.3) is 5.91 Å². The maximum absolute atomic E-state index is 12.0. The minimum absolute atomic E-state index is 0. The maximum Gasteiger partial charge on any atom is 0.253 e. The first-order valence-corrected chi connectivity index (χ1v) is 7.91. The Balaban J connectivity index is 0.00000208. The number of amides is 1. The lowest BCUT2D eigenvalue weighted by molar-refractivity contribution is 0.0277. The first kappa shape index (κ1) is 18.7. The molecular formula is C17H19Cl2N3O2. The molecule has 1 aromatic heterocycles. The first-order chi connectivity index (χ1) is 11.2. The van der Waals surface area contributed by atoms with Crippen LogP contribution in [0.3, 0.4) is 0 Å². The van der Waals surface area contributed by atoms with Crippen LogP contribution >= 0.6 is 24.0 Å². The Hall–Kier alpha value is -1.66. The van der Waals surface area contributed by atoms with Crippen LogP contribution in [0, 0.1) is 0 Å². The molecule has 1 aliphatic rings. The minimum Gasteiger partial charge on any atom is -0.371 e. The zero-order valence-electron chi connectivity index (χ0n) is 13.0. The molecule has 3 rings (SSSR count). The monoisotopic (exact) mass is 367 g/mol. The van der Waals surface area contributed by atoms with Gasteiger partial charge in [-0.25, -0.2) is 4.98 Å². The zero-order chi connectivity index (χ0) is 16.1. The van der Waals surface area contributed by atoms with Crippen LogP contribution in [-0.2, 0) is 11.3 Å². The van der Waals surface area contributed by atoms with E-state index < -0.39 is 0 Å². The summed E-state index contributed by atoms with van der Waals surface area (Å²) in [7, 11) is 0. The van der Waals surface area contributed by atoms with Gasteiger partial charge in [-0.2, -0.15) is 0 Å². The van der Waals surface area contributed by atoms with Gasteiger partial charge in [-0.1, -0.05) is 35.9 Å². The molecule has 0 unspecified atom stereocenters. The predicted octanol–water partition coefficient (Wildman–Crippen LogP) is 2.75. The minimum atomic E-state index is -0.168. The standard InChI is InChI=1S/C17H18ClN3O2.ClH/c18-16-6-5-14(10-20-16)17(22)21-9-12-1-3-13(4-2-12)15-11-19-7-8-23-15;/h1-6,10,15,19H,7-9,11H2,(H,21,22);1H/t15-;/m1./s1. The van der Waals surface area contributed by atoms with Gasteiger partial charge in [0.05, 0.1) is 18.3 Å². The highest BCUT2D eigenvalue weighted by Gasteiger charge is 2.15. The van der Waals surface area contributed by atoms with Gasteiger partial charge >= 0.3 is 0 Å². The molecule has 128 valence electrons. The van der Waals surface area contributed by atoms with Crippen LogP contribution in [0.25, 0.3) is 0 Å². The number of ether oxygens (including phenoxy) is 1. The van der Waals surface area contributed by atoms with E-state index in [2.05, 4.69) is 15.6 Å².